The third kappa shape index (κ3) is 4.79. The SMILES string of the molecule is CCNC(CCCC1CCCO1)c1ccc(Cl)cc1. The van der Waals surface area contributed by atoms with E-state index >= 15 is 0 Å². The molecule has 1 N–H and O–H groups in total. The number of hydrogen-bond acceptors (Lipinski definition) is 2. The van der Waals surface area contributed by atoms with E-state index in [4.69, 9.17) is 16.3 Å². The van der Waals surface area contributed by atoms with E-state index in [0.29, 0.717) is 12.1 Å². The molecule has 1 heterocycles. The van der Waals surface area contributed by atoms with Crippen molar-refractivity contribution in [3.05, 3.63) is 34.9 Å². The van der Waals surface area contributed by atoms with Crippen LogP contribution in [0, 0.1) is 0 Å². The van der Waals surface area contributed by atoms with Gasteiger partial charge in [-0.1, -0.05) is 30.7 Å². The average molecular weight is 282 g/mol. The maximum absolute atomic E-state index is 5.95. The number of hydrogen-bond donors (Lipinski definition) is 1. The lowest BCUT2D eigenvalue weighted by atomic mass is 9.99. The molecule has 1 aliphatic heterocycles. The molecule has 0 amide bonds. The Labute approximate surface area is 121 Å². The van der Waals surface area contributed by atoms with Crippen LogP contribution in [0.25, 0.3) is 0 Å². The average Bonchev–Trinajstić information content (AvgIpc) is 2.92. The quantitative estimate of drug-likeness (QED) is 0.803. The predicted octanol–water partition coefficient (Wildman–Crippen LogP) is 4.34. The van der Waals surface area contributed by atoms with Gasteiger partial charge in [0, 0.05) is 17.7 Å². The molecule has 1 aliphatic rings. The zero-order chi connectivity index (χ0) is 13.5. The molecule has 1 aromatic carbocycles. The Bertz CT molecular complexity index is 360. The first kappa shape index (κ1) is 14.8. The third-order valence-electron chi connectivity index (χ3n) is 3.77. The molecule has 2 atom stereocenters. The fourth-order valence-corrected chi connectivity index (χ4v) is 2.88. The van der Waals surface area contributed by atoms with Gasteiger partial charge in [-0.2, -0.15) is 0 Å². The number of ether oxygens (including phenoxy) is 1. The van der Waals surface area contributed by atoms with Crippen LogP contribution in [0.1, 0.15) is 50.6 Å². The standard InChI is InChI=1S/C16H24ClNO/c1-2-18-16(13-8-10-14(17)11-9-13)7-3-5-15-6-4-12-19-15/h8-11,15-16,18H,2-7,12H2,1H3. The second-order valence-electron chi connectivity index (χ2n) is 5.23. The first-order chi connectivity index (χ1) is 9.29. The molecule has 0 spiro atoms. The summed E-state index contributed by atoms with van der Waals surface area (Å²) in [5, 5.41) is 4.36. The fourth-order valence-electron chi connectivity index (χ4n) is 2.75. The highest BCUT2D eigenvalue weighted by molar-refractivity contribution is 6.30. The number of benzene rings is 1. The summed E-state index contributed by atoms with van der Waals surface area (Å²) in [6.07, 6.45) is 6.55. The maximum atomic E-state index is 5.95. The zero-order valence-electron chi connectivity index (χ0n) is 11.7. The first-order valence-electron chi connectivity index (χ1n) is 7.40. The van der Waals surface area contributed by atoms with Crippen LogP contribution in [-0.2, 0) is 4.74 Å². The normalized spacial score (nSPS) is 20.6. The van der Waals surface area contributed by atoms with Gasteiger partial charge in [0.05, 0.1) is 6.10 Å². The molecular weight excluding hydrogens is 258 g/mol. The Hall–Kier alpha value is -0.570. The molecule has 1 saturated heterocycles. The van der Waals surface area contributed by atoms with Crippen molar-refractivity contribution >= 4 is 11.6 Å². The van der Waals surface area contributed by atoms with Gasteiger partial charge in [0.2, 0.25) is 0 Å². The maximum Gasteiger partial charge on any atom is 0.0576 e. The summed E-state index contributed by atoms with van der Waals surface area (Å²) in [6.45, 7) is 4.11. The third-order valence-corrected chi connectivity index (χ3v) is 4.02. The van der Waals surface area contributed by atoms with Crippen LogP contribution in [0.3, 0.4) is 0 Å². The summed E-state index contributed by atoms with van der Waals surface area (Å²) < 4.78 is 5.68. The molecule has 19 heavy (non-hydrogen) atoms. The van der Waals surface area contributed by atoms with Crippen molar-refractivity contribution in [3.63, 3.8) is 0 Å². The van der Waals surface area contributed by atoms with Crippen LogP contribution in [-0.4, -0.2) is 19.3 Å². The van der Waals surface area contributed by atoms with Gasteiger partial charge in [-0.15, -0.1) is 0 Å². The molecule has 0 bridgehead atoms. The van der Waals surface area contributed by atoms with Crippen molar-refractivity contribution < 1.29 is 4.74 Å². The molecule has 106 valence electrons. The van der Waals surface area contributed by atoms with Crippen LogP contribution in [0.2, 0.25) is 5.02 Å². The van der Waals surface area contributed by atoms with E-state index in [9.17, 15) is 0 Å². The van der Waals surface area contributed by atoms with Crippen molar-refractivity contribution in [2.45, 2.75) is 51.2 Å². The van der Waals surface area contributed by atoms with E-state index in [0.717, 1.165) is 24.6 Å². The molecule has 0 saturated carbocycles. The minimum atomic E-state index is 0.434. The number of halogens is 1. The highest BCUT2D eigenvalue weighted by Gasteiger charge is 2.16. The van der Waals surface area contributed by atoms with Crippen molar-refractivity contribution in [3.8, 4) is 0 Å². The Kier molecular flexibility index (Phi) is 6.15. The van der Waals surface area contributed by atoms with E-state index < -0.39 is 0 Å². The molecule has 2 rings (SSSR count). The first-order valence-corrected chi connectivity index (χ1v) is 7.78. The smallest absolute Gasteiger partial charge is 0.0576 e. The number of nitrogens with one attached hydrogen (secondary N) is 1. The highest BCUT2D eigenvalue weighted by atomic mass is 35.5. The molecular formula is C16H24ClNO. The van der Waals surface area contributed by atoms with Crippen LogP contribution < -0.4 is 5.32 Å². The van der Waals surface area contributed by atoms with Crippen LogP contribution >= 0.6 is 11.6 Å². The van der Waals surface area contributed by atoms with Gasteiger partial charge in [-0.05, 0) is 56.3 Å². The summed E-state index contributed by atoms with van der Waals surface area (Å²) in [5.41, 5.74) is 1.33. The topological polar surface area (TPSA) is 21.3 Å². The Morgan fingerprint density at radius 3 is 2.79 bits per heavy atom. The van der Waals surface area contributed by atoms with Gasteiger partial charge < -0.3 is 10.1 Å². The van der Waals surface area contributed by atoms with E-state index in [1.54, 1.807) is 0 Å². The zero-order valence-corrected chi connectivity index (χ0v) is 12.5. The van der Waals surface area contributed by atoms with Gasteiger partial charge in [0.1, 0.15) is 0 Å². The molecule has 0 radical (unpaired) electrons. The lowest BCUT2D eigenvalue weighted by Gasteiger charge is -2.19. The van der Waals surface area contributed by atoms with Crippen molar-refractivity contribution in [2.24, 2.45) is 0 Å². The summed E-state index contributed by atoms with van der Waals surface area (Å²) in [7, 11) is 0. The molecule has 1 fully saturated rings. The largest absolute Gasteiger partial charge is 0.378 e. The van der Waals surface area contributed by atoms with Crippen molar-refractivity contribution in [2.75, 3.05) is 13.2 Å². The van der Waals surface area contributed by atoms with Crippen LogP contribution in [0.15, 0.2) is 24.3 Å². The van der Waals surface area contributed by atoms with E-state index in [2.05, 4.69) is 24.4 Å². The van der Waals surface area contributed by atoms with E-state index in [1.165, 1.54) is 31.2 Å². The molecule has 2 unspecified atom stereocenters. The van der Waals surface area contributed by atoms with Crippen molar-refractivity contribution in [1.82, 2.24) is 5.32 Å². The number of rotatable bonds is 7. The minimum Gasteiger partial charge on any atom is -0.378 e. The van der Waals surface area contributed by atoms with Crippen LogP contribution in [0.5, 0.6) is 0 Å². The summed E-state index contributed by atoms with van der Waals surface area (Å²) in [5.74, 6) is 0. The fraction of sp³-hybridized carbons (Fsp3) is 0.625. The van der Waals surface area contributed by atoms with Gasteiger partial charge >= 0.3 is 0 Å². The Morgan fingerprint density at radius 2 is 2.16 bits per heavy atom. The summed E-state index contributed by atoms with van der Waals surface area (Å²) >= 11 is 5.95. The molecule has 0 aliphatic carbocycles. The van der Waals surface area contributed by atoms with E-state index in [-0.39, 0.29) is 0 Å². The Balaban J connectivity index is 1.82. The molecule has 0 aromatic heterocycles. The highest BCUT2D eigenvalue weighted by Crippen LogP contribution is 2.24. The van der Waals surface area contributed by atoms with Crippen LogP contribution in [0.4, 0.5) is 0 Å². The van der Waals surface area contributed by atoms with E-state index in [1.807, 2.05) is 12.1 Å². The summed E-state index contributed by atoms with van der Waals surface area (Å²) in [6, 6.07) is 8.63. The molecule has 3 heteroatoms. The molecule has 1 aromatic rings. The molecule has 2 nitrogen and oxygen atoms in total. The Morgan fingerprint density at radius 1 is 1.37 bits per heavy atom. The van der Waals surface area contributed by atoms with Gasteiger partial charge in [0.25, 0.3) is 0 Å². The van der Waals surface area contributed by atoms with Gasteiger partial charge in [0.15, 0.2) is 0 Å². The minimum absolute atomic E-state index is 0.434. The second kappa shape index (κ2) is 7.88. The lowest BCUT2D eigenvalue weighted by molar-refractivity contribution is 0.101. The second-order valence-corrected chi connectivity index (χ2v) is 5.66. The van der Waals surface area contributed by atoms with Gasteiger partial charge in [-0.3, -0.25) is 0 Å². The predicted molar refractivity (Wildman–Crippen MR) is 80.7 cm³/mol. The summed E-state index contributed by atoms with van der Waals surface area (Å²) in [4.78, 5) is 0. The van der Waals surface area contributed by atoms with Gasteiger partial charge in [-0.25, -0.2) is 0 Å². The lowest BCUT2D eigenvalue weighted by Crippen LogP contribution is -2.21. The monoisotopic (exact) mass is 281 g/mol. The van der Waals surface area contributed by atoms with Crippen molar-refractivity contribution in [1.29, 1.82) is 0 Å².